The smallest absolute Gasteiger partial charge is 0.421 e. The minimum absolute atomic E-state index is 0.343. The van der Waals surface area contributed by atoms with Gasteiger partial charge in [-0.1, -0.05) is 0 Å². The number of hydrogen-bond donors (Lipinski definition) is 1. The molecule has 1 aromatic rings. The van der Waals surface area contributed by atoms with E-state index >= 15 is 0 Å². The first kappa shape index (κ1) is 22.7. The highest BCUT2D eigenvalue weighted by atomic mass is 127. The fraction of sp³-hybridized carbons (Fsp3) is 0.364. The number of hydrogen-bond acceptors (Lipinski definition) is 4. The van der Waals surface area contributed by atoms with Crippen LogP contribution in [0.15, 0.2) is 18.2 Å². The van der Waals surface area contributed by atoms with Crippen LogP contribution in [0.3, 0.4) is 0 Å². The first-order valence-electron chi connectivity index (χ1n) is 5.84. The maximum atomic E-state index is 13.1. The highest BCUT2D eigenvalue weighted by Gasteiger charge is 2.72. The molecule has 142 valence electrons. The molecule has 0 aliphatic rings. The third-order valence-corrected chi connectivity index (χ3v) is 4.84. The van der Waals surface area contributed by atoms with Gasteiger partial charge in [-0.05, 0) is 63.4 Å². The van der Waals surface area contributed by atoms with E-state index in [2.05, 4.69) is 0 Å². The van der Waals surface area contributed by atoms with Crippen LogP contribution in [-0.2, 0) is 10.1 Å². The van der Waals surface area contributed by atoms with Gasteiger partial charge in [-0.3, -0.25) is 4.79 Å². The molecule has 0 bridgehead atoms. The zero-order chi connectivity index (χ0) is 19.8. The molecule has 0 atom stereocenters. The molecule has 0 saturated heterocycles. The molecule has 0 heterocycles. The second-order valence-corrected chi connectivity index (χ2v) is 8.61. The van der Waals surface area contributed by atoms with Gasteiger partial charge in [0.25, 0.3) is 5.91 Å². The van der Waals surface area contributed by atoms with Crippen LogP contribution in [0.1, 0.15) is 10.4 Å². The van der Waals surface area contributed by atoms with Crippen molar-refractivity contribution in [1.82, 2.24) is 5.32 Å². The molecule has 1 aromatic carbocycles. The molecule has 0 aliphatic carbocycles. The third kappa shape index (κ3) is 5.56. The van der Waals surface area contributed by atoms with Crippen molar-refractivity contribution in [3.05, 3.63) is 30.9 Å². The van der Waals surface area contributed by atoms with Gasteiger partial charge in [0.2, 0.25) is 5.54 Å². The van der Waals surface area contributed by atoms with Gasteiger partial charge in [0.05, 0.1) is 15.9 Å². The van der Waals surface area contributed by atoms with E-state index in [-0.39, 0.29) is 0 Å². The molecule has 5 nitrogen and oxygen atoms in total. The molecule has 0 aliphatic heterocycles. The van der Waals surface area contributed by atoms with E-state index in [0.29, 0.717) is 12.5 Å². The predicted molar refractivity (Wildman–Crippen MR) is 88.7 cm³/mol. The van der Waals surface area contributed by atoms with Gasteiger partial charge in [-0.25, -0.2) is 8.42 Å². The van der Waals surface area contributed by atoms with Crippen LogP contribution in [0.25, 0.3) is 0 Å². The number of carbonyl (C=O) groups is 1. The number of halogens is 8. The van der Waals surface area contributed by atoms with Crippen LogP contribution in [0.2, 0.25) is 0 Å². The minimum atomic E-state index is -6.28. The van der Waals surface area contributed by atoms with Crippen LogP contribution >= 0.6 is 45.2 Å². The molecule has 14 heteroatoms. The van der Waals surface area contributed by atoms with Gasteiger partial charge in [-0.2, -0.15) is 26.3 Å². The van der Waals surface area contributed by atoms with Crippen molar-refractivity contribution in [1.29, 1.82) is 0 Å². The zero-order valence-corrected chi connectivity index (χ0v) is 16.6. The summed E-state index contributed by atoms with van der Waals surface area (Å²) in [5.74, 6) is -4.74. The Hall–Kier alpha value is -0.360. The Morgan fingerprint density at radius 3 is 1.72 bits per heavy atom. The molecular formula is C11H6F6I2NO4S-. The standard InChI is InChI=1S/C11H7F6I2NO4S/c12-10(13,14)9(11(15,16)17,4-25(22,23)24)20-8(21)5-1-6(18)3-7(19)2-5/h1-3H,4H2,(H,20,21)(H,22,23,24)/p-1. The normalized spacial score (nSPS) is 13.6. The second kappa shape index (κ2) is 7.34. The zero-order valence-electron chi connectivity index (χ0n) is 11.5. The summed E-state index contributed by atoms with van der Waals surface area (Å²) in [6.45, 7) is 0. The molecule has 1 amide bonds. The van der Waals surface area contributed by atoms with Crippen LogP contribution < -0.4 is 5.32 Å². The van der Waals surface area contributed by atoms with Crippen molar-refractivity contribution in [2.24, 2.45) is 0 Å². The van der Waals surface area contributed by atoms with Crippen molar-refractivity contribution < 1.29 is 44.1 Å². The molecule has 25 heavy (non-hydrogen) atoms. The predicted octanol–water partition coefficient (Wildman–Crippen LogP) is 3.03. The molecule has 0 unspecified atom stereocenters. The molecular weight excluding hydrogens is 610 g/mol. The monoisotopic (exact) mass is 616 g/mol. The van der Waals surface area contributed by atoms with E-state index in [0.717, 1.165) is 12.1 Å². The maximum absolute atomic E-state index is 13.1. The summed E-state index contributed by atoms with van der Waals surface area (Å²) in [5.41, 5.74) is -5.79. The number of amides is 1. The van der Waals surface area contributed by atoms with Gasteiger partial charge in [0, 0.05) is 12.7 Å². The maximum Gasteiger partial charge on any atom is 0.421 e. The fourth-order valence-corrected chi connectivity index (χ4v) is 4.59. The summed E-state index contributed by atoms with van der Waals surface area (Å²) in [6.07, 6.45) is -12.6. The SMILES string of the molecule is O=C(NC(CS(=O)(=O)[O-])(C(F)(F)F)C(F)(F)F)c1cc(I)cc(I)c1. The Balaban J connectivity index is 3.49. The molecule has 0 saturated carbocycles. The summed E-state index contributed by atoms with van der Waals surface area (Å²) < 4.78 is 111. The molecule has 1 rings (SSSR count). The quantitative estimate of drug-likeness (QED) is 0.321. The number of rotatable bonds is 4. The lowest BCUT2D eigenvalue weighted by Crippen LogP contribution is -2.70. The Morgan fingerprint density at radius 2 is 1.40 bits per heavy atom. The summed E-state index contributed by atoms with van der Waals surface area (Å²) >= 11 is 3.36. The van der Waals surface area contributed by atoms with Crippen molar-refractivity contribution in [2.45, 2.75) is 17.9 Å². The lowest BCUT2D eigenvalue weighted by atomic mass is 9.99. The van der Waals surface area contributed by atoms with Crippen molar-refractivity contribution >= 4 is 61.2 Å². The van der Waals surface area contributed by atoms with E-state index in [1.165, 1.54) is 6.07 Å². The average Bonchev–Trinajstić information content (AvgIpc) is 2.32. The first-order chi connectivity index (χ1) is 11.0. The largest absolute Gasteiger partial charge is 0.748 e. The third-order valence-electron chi connectivity index (χ3n) is 2.81. The fourth-order valence-electron chi connectivity index (χ4n) is 1.72. The van der Waals surface area contributed by atoms with E-state index in [1.807, 2.05) is 0 Å². The molecule has 0 radical (unpaired) electrons. The van der Waals surface area contributed by atoms with Crippen molar-refractivity contribution in [3.8, 4) is 0 Å². The lowest BCUT2D eigenvalue weighted by Gasteiger charge is -2.38. The van der Waals surface area contributed by atoms with Gasteiger partial charge < -0.3 is 9.87 Å². The van der Waals surface area contributed by atoms with Crippen molar-refractivity contribution in [3.63, 3.8) is 0 Å². The van der Waals surface area contributed by atoms with Gasteiger partial charge in [-0.15, -0.1) is 0 Å². The number of nitrogens with one attached hydrogen (secondary N) is 1. The van der Waals surface area contributed by atoms with Gasteiger partial charge >= 0.3 is 12.4 Å². The van der Waals surface area contributed by atoms with Crippen LogP contribution in [0, 0.1) is 7.14 Å². The topological polar surface area (TPSA) is 86.3 Å². The van der Waals surface area contributed by atoms with Crippen LogP contribution in [-0.4, -0.2) is 42.5 Å². The Kier molecular flexibility index (Phi) is 6.66. The highest BCUT2D eigenvalue weighted by Crippen LogP contribution is 2.44. The van der Waals surface area contributed by atoms with E-state index in [1.54, 1.807) is 45.2 Å². The molecule has 0 spiro atoms. The van der Waals surface area contributed by atoms with E-state index < -0.39 is 45.2 Å². The Labute approximate surface area is 164 Å². The number of benzene rings is 1. The summed E-state index contributed by atoms with van der Waals surface area (Å²) in [7, 11) is -6.00. The van der Waals surface area contributed by atoms with Crippen LogP contribution in [0.5, 0.6) is 0 Å². The number of carbonyl (C=O) groups excluding carboxylic acids is 1. The van der Waals surface area contributed by atoms with Gasteiger partial charge in [0.15, 0.2) is 0 Å². The lowest BCUT2D eigenvalue weighted by molar-refractivity contribution is -0.296. The minimum Gasteiger partial charge on any atom is -0.748 e. The summed E-state index contributed by atoms with van der Waals surface area (Å²) in [4.78, 5) is 11.9. The van der Waals surface area contributed by atoms with E-state index in [9.17, 15) is 44.1 Å². The van der Waals surface area contributed by atoms with Gasteiger partial charge in [0.1, 0.15) is 0 Å². The molecule has 1 N–H and O–H groups in total. The summed E-state index contributed by atoms with van der Waals surface area (Å²) in [5, 5.41) is 0.663. The Bertz CT molecular complexity index is 744. The number of alkyl halides is 6. The summed E-state index contributed by atoms with van der Waals surface area (Å²) in [6, 6.07) is 3.49. The van der Waals surface area contributed by atoms with Crippen LogP contribution in [0.4, 0.5) is 26.3 Å². The van der Waals surface area contributed by atoms with Crippen molar-refractivity contribution in [2.75, 3.05) is 5.75 Å². The van der Waals surface area contributed by atoms with E-state index in [4.69, 9.17) is 0 Å². The first-order valence-corrected chi connectivity index (χ1v) is 9.58. The molecule has 0 aromatic heterocycles. The highest BCUT2D eigenvalue weighted by molar-refractivity contribution is 14.1. The molecule has 0 fully saturated rings. The second-order valence-electron chi connectivity index (χ2n) is 4.72. The average molecular weight is 616 g/mol. The Morgan fingerprint density at radius 1 is 1.00 bits per heavy atom.